The van der Waals surface area contributed by atoms with Crippen molar-refractivity contribution >= 4 is 18.0 Å². The number of halogens is 3. The van der Waals surface area contributed by atoms with Gasteiger partial charge >= 0.3 is 18.3 Å². The Morgan fingerprint density at radius 2 is 1.67 bits per heavy atom. The lowest BCUT2D eigenvalue weighted by Gasteiger charge is -2.32. The highest BCUT2D eigenvalue weighted by molar-refractivity contribution is 5.81. The van der Waals surface area contributed by atoms with Crippen molar-refractivity contribution in [2.45, 2.75) is 70.7 Å². The molecule has 3 N–H and O–H groups in total. The fourth-order valence-electron chi connectivity index (χ4n) is 2.42. The lowest BCUT2D eigenvalue weighted by atomic mass is 10.1. The van der Waals surface area contributed by atoms with Crippen molar-refractivity contribution < 1.29 is 32.3 Å². The average molecular weight is 396 g/mol. The molecule has 1 saturated heterocycles. The first-order valence-electron chi connectivity index (χ1n) is 8.76. The van der Waals surface area contributed by atoms with Gasteiger partial charge in [0.2, 0.25) is 5.91 Å². The number of likely N-dealkylation sites (tertiary alicyclic amines) is 1. The van der Waals surface area contributed by atoms with Crippen molar-refractivity contribution in [3.8, 4) is 0 Å². The van der Waals surface area contributed by atoms with Crippen LogP contribution in [0.4, 0.5) is 22.8 Å². The predicted molar refractivity (Wildman–Crippen MR) is 90.5 cm³/mol. The second kappa shape index (κ2) is 9.65. The molecule has 0 aromatic rings. The highest BCUT2D eigenvalue weighted by atomic mass is 19.4. The van der Waals surface area contributed by atoms with Crippen molar-refractivity contribution in [3.63, 3.8) is 0 Å². The van der Waals surface area contributed by atoms with E-state index in [0.29, 0.717) is 25.9 Å². The van der Waals surface area contributed by atoms with Crippen molar-refractivity contribution in [1.82, 2.24) is 21.1 Å². The molecule has 0 aliphatic carbocycles. The number of carbonyl (C=O) groups excluding carboxylic acids is 3. The van der Waals surface area contributed by atoms with Crippen LogP contribution in [-0.2, 0) is 9.53 Å². The SMILES string of the molecule is CC(C)(C)OC(=O)NC1CCN(C(=O)NNC(=O)CCCC(F)(F)F)CC1. The van der Waals surface area contributed by atoms with Crippen molar-refractivity contribution in [2.75, 3.05) is 13.1 Å². The molecule has 0 saturated carbocycles. The summed E-state index contributed by atoms with van der Waals surface area (Å²) >= 11 is 0. The highest BCUT2D eigenvalue weighted by Crippen LogP contribution is 2.22. The molecule has 8 nitrogen and oxygen atoms in total. The Labute approximate surface area is 156 Å². The number of hydrogen-bond acceptors (Lipinski definition) is 4. The minimum atomic E-state index is -4.30. The molecule has 1 aliphatic rings. The number of urea groups is 1. The molecular formula is C16H27F3N4O4. The Bertz CT molecular complexity index is 527. The fourth-order valence-corrected chi connectivity index (χ4v) is 2.42. The number of amides is 4. The van der Waals surface area contributed by atoms with Gasteiger partial charge in [0.25, 0.3) is 0 Å². The van der Waals surface area contributed by atoms with Crippen LogP contribution < -0.4 is 16.2 Å². The van der Waals surface area contributed by atoms with E-state index >= 15 is 0 Å². The van der Waals surface area contributed by atoms with Gasteiger partial charge in [0.05, 0.1) is 0 Å². The molecule has 1 rings (SSSR count). The summed E-state index contributed by atoms with van der Waals surface area (Å²) in [5.41, 5.74) is 3.68. The van der Waals surface area contributed by atoms with Crippen LogP contribution >= 0.6 is 0 Å². The van der Waals surface area contributed by atoms with Crippen molar-refractivity contribution in [3.05, 3.63) is 0 Å². The maximum atomic E-state index is 12.0. The second-order valence-electron chi connectivity index (χ2n) is 7.35. The van der Waals surface area contributed by atoms with Crippen LogP contribution in [0.1, 0.15) is 52.9 Å². The predicted octanol–water partition coefficient (Wildman–Crippen LogP) is 2.45. The van der Waals surface area contributed by atoms with Crippen LogP contribution in [0.5, 0.6) is 0 Å². The summed E-state index contributed by atoms with van der Waals surface area (Å²) in [5.74, 6) is -0.686. The van der Waals surface area contributed by atoms with Gasteiger partial charge in [-0.1, -0.05) is 0 Å². The number of piperidine rings is 1. The number of nitrogens with one attached hydrogen (secondary N) is 3. The van der Waals surface area contributed by atoms with E-state index in [1.54, 1.807) is 20.8 Å². The number of rotatable bonds is 4. The summed E-state index contributed by atoms with van der Waals surface area (Å²) in [5, 5.41) is 2.74. The first-order chi connectivity index (χ1) is 12.4. The zero-order valence-electron chi connectivity index (χ0n) is 15.7. The normalized spacial score (nSPS) is 15.9. The molecule has 1 fully saturated rings. The number of carbonyl (C=O) groups is 3. The van der Waals surface area contributed by atoms with E-state index in [2.05, 4.69) is 16.2 Å². The highest BCUT2D eigenvalue weighted by Gasteiger charge is 2.27. The van der Waals surface area contributed by atoms with Crippen LogP contribution in [0.15, 0.2) is 0 Å². The topological polar surface area (TPSA) is 99.8 Å². The molecule has 0 bridgehead atoms. The molecule has 0 spiro atoms. The van der Waals surface area contributed by atoms with E-state index in [0.717, 1.165) is 0 Å². The molecule has 0 unspecified atom stereocenters. The number of hydrogen-bond donors (Lipinski definition) is 3. The summed E-state index contributed by atoms with van der Waals surface area (Å²) in [7, 11) is 0. The lowest BCUT2D eigenvalue weighted by molar-refractivity contribution is -0.137. The first kappa shape index (κ1) is 22.8. The Hall–Kier alpha value is -2.20. The molecule has 0 aromatic carbocycles. The monoisotopic (exact) mass is 396 g/mol. The van der Waals surface area contributed by atoms with Gasteiger partial charge < -0.3 is 15.0 Å². The Morgan fingerprint density at radius 1 is 1.07 bits per heavy atom. The molecule has 27 heavy (non-hydrogen) atoms. The maximum absolute atomic E-state index is 12.0. The van der Waals surface area contributed by atoms with Crippen molar-refractivity contribution in [1.29, 1.82) is 0 Å². The van der Waals surface area contributed by atoms with Crippen LogP contribution in [0.25, 0.3) is 0 Å². The van der Waals surface area contributed by atoms with Gasteiger partial charge in [-0.2, -0.15) is 13.2 Å². The summed E-state index contributed by atoms with van der Waals surface area (Å²) in [6, 6.07) is -0.671. The molecular weight excluding hydrogens is 369 g/mol. The van der Waals surface area contributed by atoms with Crippen LogP contribution in [0.3, 0.4) is 0 Å². The third-order valence-electron chi connectivity index (χ3n) is 3.68. The van der Waals surface area contributed by atoms with Gasteiger partial charge in [-0.05, 0) is 40.0 Å². The minimum Gasteiger partial charge on any atom is -0.444 e. The maximum Gasteiger partial charge on any atom is 0.407 e. The Kier molecular flexibility index (Phi) is 8.17. The summed E-state index contributed by atoms with van der Waals surface area (Å²) < 4.78 is 41.2. The lowest BCUT2D eigenvalue weighted by Crippen LogP contribution is -2.53. The van der Waals surface area contributed by atoms with Gasteiger partial charge in [0, 0.05) is 32.0 Å². The largest absolute Gasteiger partial charge is 0.444 e. The third kappa shape index (κ3) is 10.5. The molecule has 1 aliphatic heterocycles. The van der Waals surface area contributed by atoms with E-state index in [-0.39, 0.29) is 18.9 Å². The molecule has 1 heterocycles. The molecule has 156 valence electrons. The number of nitrogens with zero attached hydrogens (tertiary/aromatic N) is 1. The molecule has 11 heteroatoms. The van der Waals surface area contributed by atoms with Crippen molar-refractivity contribution in [2.24, 2.45) is 0 Å². The average Bonchev–Trinajstić information content (AvgIpc) is 2.50. The van der Waals surface area contributed by atoms with Gasteiger partial charge in [-0.3, -0.25) is 10.2 Å². The summed E-state index contributed by atoms with van der Waals surface area (Å²) in [4.78, 5) is 36.6. The van der Waals surface area contributed by atoms with Crippen LogP contribution in [-0.4, -0.2) is 53.8 Å². The Morgan fingerprint density at radius 3 is 2.19 bits per heavy atom. The quantitative estimate of drug-likeness (QED) is 0.636. The number of ether oxygens (including phenoxy) is 1. The first-order valence-corrected chi connectivity index (χ1v) is 8.76. The fraction of sp³-hybridized carbons (Fsp3) is 0.812. The van der Waals surface area contributed by atoms with E-state index < -0.39 is 36.2 Å². The van der Waals surface area contributed by atoms with E-state index in [1.807, 2.05) is 0 Å². The summed E-state index contributed by atoms with van der Waals surface area (Å²) in [6.45, 7) is 6.00. The van der Waals surface area contributed by atoms with E-state index in [1.165, 1.54) is 4.90 Å². The number of alkyl carbamates (subject to hydrolysis) is 1. The van der Waals surface area contributed by atoms with Gasteiger partial charge in [-0.25, -0.2) is 15.0 Å². The van der Waals surface area contributed by atoms with Crippen LogP contribution in [0.2, 0.25) is 0 Å². The zero-order valence-corrected chi connectivity index (χ0v) is 15.7. The van der Waals surface area contributed by atoms with E-state index in [9.17, 15) is 27.6 Å². The van der Waals surface area contributed by atoms with E-state index in [4.69, 9.17) is 4.74 Å². The standard InChI is InChI=1S/C16H27F3N4O4/c1-15(2,3)27-14(26)20-11-6-9-23(10-7-11)13(25)22-21-12(24)5-4-8-16(17,18)19/h11H,4-10H2,1-3H3,(H,20,26)(H,21,24)(H,22,25). The Balaban J connectivity index is 2.23. The summed E-state index contributed by atoms with van der Waals surface area (Å²) in [6.07, 6.45) is -5.50. The molecule has 0 radical (unpaired) electrons. The minimum absolute atomic E-state index is 0.124. The van der Waals surface area contributed by atoms with Gasteiger partial charge in [0.1, 0.15) is 5.60 Å². The van der Waals surface area contributed by atoms with Crippen LogP contribution in [0, 0.1) is 0 Å². The van der Waals surface area contributed by atoms with Gasteiger partial charge in [-0.15, -0.1) is 0 Å². The molecule has 0 atom stereocenters. The number of alkyl halides is 3. The molecule has 4 amide bonds. The third-order valence-corrected chi connectivity index (χ3v) is 3.68. The smallest absolute Gasteiger partial charge is 0.407 e. The van der Waals surface area contributed by atoms with Gasteiger partial charge in [0.15, 0.2) is 0 Å². The number of hydrazine groups is 1. The second-order valence-corrected chi connectivity index (χ2v) is 7.35. The molecule has 0 aromatic heterocycles. The zero-order chi connectivity index (χ0) is 20.7.